The highest BCUT2D eigenvalue weighted by Crippen LogP contribution is 1.94. The van der Waals surface area contributed by atoms with Gasteiger partial charge in [-0.25, -0.2) is 0 Å². The van der Waals surface area contributed by atoms with Gasteiger partial charge in [0.05, 0.1) is 6.07 Å². The van der Waals surface area contributed by atoms with Gasteiger partial charge in [-0.05, 0) is 25.5 Å². The van der Waals surface area contributed by atoms with E-state index in [1.807, 2.05) is 13.0 Å². The summed E-state index contributed by atoms with van der Waals surface area (Å²) >= 11 is 0. The molecular weight excluding hydrogens is 124 g/mol. The van der Waals surface area contributed by atoms with Gasteiger partial charge in [0.25, 0.3) is 0 Å². The van der Waals surface area contributed by atoms with Crippen LogP contribution in [0.2, 0.25) is 0 Å². The van der Waals surface area contributed by atoms with E-state index >= 15 is 0 Å². The fourth-order valence-corrected chi connectivity index (χ4v) is 0.387. The van der Waals surface area contributed by atoms with E-state index in [1.54, 1.807) is 19.1 Å². The minimum absolute atomic E-state index is 0.677. The predicted molar refractivity (Wildman–Crippen MR) is 41.9 cm³/mol. The van der Waals surface area contributed by atoms with Crippen LogP contribution in [0.5, 0.6) is 0 Å². The first-order valence-corrected chi connectivity index (χ1v) is 3.23. The smallest absolute Gasteiger partial charge is 0.0944 e. The van der Waals surface area contributed by atoms with Crippen LogP contribution in [0.1, 0.15) is 20.3 Å². The molecule has 0 aliphatic carbocycles. The lowest BCUT2D eigenvalue weighted by molar-refractivity contribution is 1.07. The summed E-state index contributed by atoms with van der Waals surface area (Å²) < 4.78 is 0. The molecule has 0 aliphatic heterocycles. The number of nitrogens with zero attached hydrogens (tertiary/aromatic N) is 1. The quantitative estimate of drug-likeness (QED) is 0.464. The molecule has 0 amide bonds. The van der Waals surface area contributed by atoms with E-state index in [9.17, 15) is 0 Å². The van der Waals surface area contributed by atoms with Crippen LogP contribution in [-0.4, -0.2) is 0 Å². The molecule has 0 unspecified atom stereocenters. The van der Waals surface area contributed by atoms with Crippen molar-refractivity contribution >= 4 is 0 Å². The third-order valence-corrected chi connectivity index (χ3v) is 1.13. The summed E-state index contributed by atoms with van der Waals surface area (Å²) in [6.45, 7) is 3.72. The Bertz CT molecular complexity index is 194. The van der Waals surface area contributed by atoms with Crippen molar-refractivity contribution in [2.24, 2.45) is 5.73 Å². The Kier molecular flexibility index (Phi) is 4.06. The number of hydrogen-bond donors (Lipinski definition) is 1. The summed E-state index contributed by atoms with van der Waals surface area (Å²) in [5, 5.41) is 8.33. The summed E-state index contributed by atoms with van der Waals surface area (Å²) in [5.74, 6) is 0. The number of rotatable bonds is 2. The number of hydrogen-bond acceptors (Lipinski definition) is 2. The molecule has 54 valence electrons. The van der Waals surface area contributed by atoms with E-state index in [1.165, 1.54) is 0 Å². The fraction of sp³-hybridized carbons (Fsp3) is 0.375. The molecule has 0 atom stereocenters. The molecule has 0 spiro atoms. The molecule has 2 nitrogen and oxygen atoms in total. The molecule has 0 aromatic heterocycles. The van der Waals surface area contributed by atoms with E-state index in [2.05, 4.69) is 0 Å². The van der Waals surface area contributed by atoms with Gasteiger partial charge in [-0.3, -0.25) is 0 Å². The van der Waals surface area contributed by atoms with Gasteiger partial charge in [-0.2, -0.15) is 5.26 Å². The van der Waals surface area contributed by atoms with Gasteiger partial charge < -0.3 is 5.73 Å². The van der Waals surface area contributed by atoms with Crippen molar-refractivity contribution in [2.75, 3.05) is 0 Å². The van der Waals surface area contributed by atoms with E-state index < -0.39 is 0 Å². The van der Waals surface area contributed by atoms with Crippen molar-refractivity contribution in [3.05, 3.63) is 23.4 Å². The zero-order valence-electron chi connectivity index (χ0n) is 6.39. The summed E-state index contributed by atoms with van der Waals surface area (Å²) in [5.41, 5.74) is 6.96. The monoisotopic (exact) mass is 136 g/mol. The summed E-state index contributed by atoms with van der Waals surface area (Å²) in [6, 6.07) is 2.01. The van der Waals surface area contributed by atoms with Crippen LogP contribution in [0.4, 0.5) is 0 Å². The van der Waals surface area contributed by atoms with Crippen molar-refractivity contribution in [1.82, 2.24) is 0 Å². The molecular formula is C8H12N2. The van der Waals surface area contributed by atoms with E-state index in [0.717, 1.165) is 12.1 Å². The maximum Gasteiger partial charge on any atom is 0.0944 e. The predicted octanol–water partition coefficient (Wildman–Crippen LogP) is 1.71. The standard InChI is InChI=1S/C8H12N2/c1-3-8(10)5-4-7(2)6-9/h4-5H,3,10H2,1-2H3/b7-4+,8-5+. The van der Waals surface area contributed by atoms with E-state index in [-0.39, 0.29) is 0 Å². The molecule has 10 heavy (non-hydrogen) atoms. The lowest BCUT2D eigenvalue weighted by Crippen LogP contribution is -1.92. The maximum absolute atomic E-state index is 8.33. The lowest BCUT2D eigenvalue weighted by Gasteiger charge is -1.89. The molecule has 0 aliphatic rings. The molecule has 0 heterocycles. The molecule has 0 fully saturated rings. The van der Waals surface area contributed by atoms with Crippen molar-refractivity contribution in [3.63, 3.8) is 0 Å². The van der Waals surface area contributed by atoms with Crippen LogP contribution in [-0.2, 0) is 0 Å². The Hall–Kier alpha value is -1.23. The van der Waals surface area contributed by atoms with Gasteiger partial charge in [0.15, 0.2) is 0 Å². The molecule has 2 N–H and O–H groups in total. The fourth-order valence-electron chi connectivity index (χ4n) is 0.387. The molecule has 0 saturated carbocycles. The van der Waals surface area contributed by atoms with Crippen LogP contribution >= 0.6 is 0 Å². The number of nitrogens with two attached hydrogens (primary N) is 1. The summed E-state index contributed by atoms with van der Waals surface area (Å²) in [4.78, 5) is 0. The van der Waals surface area contributed by atoms with Crippen LogP contribution in [0, 0.1) is 11.3 Å². The molecule has 0 radical (unpaired) electrons. The second-order valence-electron chi connectivity index (χ2n) is 2.06. The molecule has 0 aromatic rings. The molecule has 0 bridgehead atoms. The summed E-state index contributed by atoms with van der Waals surface area (Å²) in [6.07, 6.45) is 4.31. The average molecular weight is 136 g/mol. The average Bonchev–Trinajstić information content (AvgIpc) is 1.99. The Morgan fingerprint density at radius 2 is 2.20 bits per heavy atom. The highest BCUT2D eigenvalue weighted by atomic mass is 14.6. The Morgan fingerprint density at radius 1 is 1.60 bits per heavy atom. The zero-order chi connectivity index (χ0) is 7.98. The van der Waals surface area contributed by atoms with Gasteiger partial charge in [-0.1, -0.05) is 6.92 Å². The van der Waals surface area contributed by atoms with Crippen molar-refractivity contribution in [3.8, 4) is 6.07 Å². The van der Waals surface area contributed by atoms with Crippen LogP contribution in [0.25, 0.3) is 0 Å². The van der Waals surface area contributed by atoms with Gasteiger partial charge in [0, 0.05) is 11.3 Å². The number of allylic oxidation sites excluding steroid dienone is 4. The SMILES string of the molecule is CC/C(N)=C\C=C(/C)C#N. The van der Waals surface area contributed by atoms with Gasteiger partial charge >= 0.3 is 0 Å². The third kappa shape index (κ3) is 3.73. The van der Waals surface area contributed by atoms with Crippen LogP contribution in [0.15, 0.2) is 23.4 Å². The third-order valence-electron chi connectivity index (χ3n) is 1.13. The Morgan fingerprint density at radius 3 is 2.60 bits per heavy atom. The van der Waals surface area contributed by atoms with Crippen LogP contribution < -0.4 is 5.73 Å². The first kappa shape index (κ1) is 8.77. The van der Waals surface area contributed by atoms with E-state index in [4.69, 9.17) is 11.0 Å². The first-order valence-electron chi connectivity index (χ1n) is 3.23. The molecule has 2 heteroatoms. The highest BCUT2D eigenvalue weighted by molar-refractivity contribution is 5.24. The highest BCUT2D eigenvalue weighted by Gasteiger charge is 1.82. The van der Waals surface area contributed by atoms with Crippen LogP contribution in [0.3, 0.4) is 0 Å². The molecule has 0 rings (SSSR count). The normalized spacial score (nSPS) is 12.9. The minimum atomic E-state index is 0.677. The Labute approximate surface area is 61.6 Å². The molecule has 0 saturated heterocycles. The molecule has 0 aromatic carbocycles. The first-order chi connectivity index (χ1) is 4.70. The topological polar surface area (TPSA) is 49.8 Å². The van der Waals surface area contributed by atoms with Gasteiger partial charge in [0.1, 0.15) is 0 Å². The Balaban J connectivity index is 4.07. The van der Waals surface area contributed by atoms with Crippen molar-refractivity contribution in [1.29, 1.82) is 5.26 Å². The lowest BCUT2D eigenvalue weighted by atomic mass is 10.2. The maximum atomic E-state index is 8.33. The van der Waals surface area contributed by atoms with Gasteiger partial charge in [0.2, 0.25) is 0 Å². The van der Waals surface area contributed by atoms with Crippen molar-refractivity contribution in [2.45, 2.75) is 20.3 Å². The second kappa shape index (κ2) is 4.63. The number of nitriles is 1. The van der Waals surface area contributed by atoms with E-state index in [0.29, 0.717) is 5.57 Å². The minimum Gasteiger partial charge on any atom is -0.402 e. The zero-order valence-corrected chi connectivity index (χ0v) is 6.39. The van der Waals surface area contributed by atoms with Gasteiger partial charge in [-0.15, -0.1) is 0 Å². The summed E-state index contributed by atoms with van der Waals surface area (Å²) in [7, 11) is 0. The van der Waals surface area contributed by atoms with Crippen molar-refractivity contribution < 1.29 is 0 Å². The second-order valence-corrected chi connectivity index (χ2v) is 2.06. The largest absolute Gasteiger partial charge is 0.402 e.